The Morgan fingerprint density at radius 1 is 1.26 bits per heavy atom. The first kappa shape index (κ1) is 13.0. The molecule has 1 N–H and O–H groups in total. The van der Waals surface area contributed by atoms with Crippen molar-refractivity contribution < 1.29 is 0 Å². The number of likely N-dealkylation sites (N-methyl/N-ethyl adjacent to an activating group) is 1. The molecule has 1 atom stereocenters. The van der Waals surface area contributed by atoms with Crippen molar-refractivity contribution in [2.45, 2.75) is 57.5 Å². The average molecular weight is 262 g/mol. The first-order chi connectivity index (χ1) is 9.29. The maximum Gasteiger partial charge on any atom is 0.206 e. The van der Waals surface area contributed by atoms with E-state index >= 15 is 0 Å². The maximum atomic E-state index is 4.83. The van der Waals surface area contributed by atoms with Crippen LogP contribution in [0.5, 0.6) is 0 Å². The lowest BCUT2D eigenvalue weighted by atomic mass is 10.2. The van der Waals surface area contributed by atoms with Crippen molar-refractivity contribution in [1.82, 2.24) is 14.9 Å². The van der Waals surface area contributed by atoms with Gasteiger partial charge in [0.15, 0.2) is 0 Å². The summed E-state index contributed by atoms with van der Waals surface area (Å²) in [5.41, 5.74) is 1.16. The highest BCUT2D eigenvalue weighted by Gasteiger charge is 2.30. The molecule has 4 heteroatoms. The minimum atomic E-state index is 0.618. The molecule has 2 aliphatic rings. The van der Waals surface area contributed by atoms with Crippen molar-refractivity contribution in [3.05, 3.63) is 11.9 Å². The topological polar surface area (TPSA) is 33.1 Å². The molecule has 1 saturated heterocycles. The van der Waals surface area contributed by atoms with Gasteiger partial charge in [-0.3, -0.25) is 0 Å². The summed E-state index contributed by atoms with van der Waals surface area (Å²) in [6, 6.07) is 1.30. The molecular weight excluding hydrogens is 236 g/mol. The highest BCUT2D eigenvalue weighted by molar-refractivity contribution is 5.37. The van der Waals surface area contributed by atoms with Gasteiger partial charge in [-0.25, -0.2) is 4.98 Å². The smallest absolute Gasteiger partial charge is 0.206 e. The van der Waals surface area contributed by atoms with Crippen molar-refractivity contribution in [3.8, 4) is 0 Å². The minimum Gasteiger partial charge on any atom is -0.338 e. The molecule has 0 aromatic carbocycles. The molecule has 2 fully saturated rings. The summed E-state index contributed by atoms with van der Waals surface area (Å²) in [4.78, 5) is 7.36. The normalized spacial score (nSPS) is 24.5. The van der Waals surface area contributed by atoms with Crippen LogP contribution in [-0.2, 0) is 0 Å². The standard InChI is InChI=1S/C15H26N4/c1-12-11-19(13-6-3-4-7-13)15(17-12)18-9-5-8-14(18)10-16-2/h11,13-14,16H,3-10H2,1-2H3. The van der Waals surface area contributed by atoms with Gasteiger partial charge in [-0.1, -0.05) is 12.8 Å². The molecule has 2 heterocycles. The lowest BCUT2D eigenvalue weighted by Crippen LogP contribution is -2.38. The van der Waals surface area contributed by atoms with Gasteiger partial charge >= 0.3 is 0 Å². The van der Waals surface area contributed by atoms with Crippen LogP contribution in [0.15, 0.2) is 6.20 Å². The Hall–Kier alpha value is -1.03. The van der Waals surface area contributed by atoms with Crippen LogP contribution in [0.1, 0.15) is 50.3 Å². The molecule has 0 spiro atoms. The second kappa shape index (κ2) is 5.53. The quantitative estimate of drug-likeness (QED) is 0.905. The second-order valence-corrected chi connectivity index (χ2v) is 6.07. The lowest BCUT2D eigenvalue weighted by Gasteiger charge is -2.28. The van der Waals surface area contributed by atoms with Gasteiger partial charge in [-0.2, -0.15) is 0 Å². The molecule has 0 radical (unpaired) electrons. The number of aromatic nitrogens is 2. The van der Waals surface area contributed by atoms with Crippen LogP contribution in [0, 0.1) is 6.92 Å². The third-order valence-corrected chi connectivity index (χ3v) is 4.63. The van der Waals surface area contributed by atoms with Gasteiger partial charge in [0.1, 0.15) is 0 Å². The first-order valence-corrected chi connectivity index (χ1v) is 7.76. The Morgan fingerprint density at radius 2 is 2.05 bits per heavy atom. The fraction of sp³-hybridized carbons (Fsp3) is 0.800. The zero-order valence-corrected chi connectivity index (χ0v) is 12.2. The highest BCUT2D eigenvalue weighted by atomic mass is 15.3. The summed E-state index contributed by atoms with van der Waals surface area (Å²) in [5.74, 6) is 1.22. The summed E-state index contributed by atoms with van der Waals surface area (Å²) in [5, 5.41) is 3.33. The molecule has 1 aliphatic heterocycles. The average Bonchev–Trinajstić information content (AvgIpc) is 3.08. The molecule has 3 rings (SSSR count). The summed E-state index contributed by atoms with van der Waals surface area (Å²) in [7, 11) is 2.05. The summed E-state index contributed by atoms with van der Waals surface area (Å²) < 4.78 is 2.47. The van der Waals surface area contributed by atoms with E-state index in [1.165, 1.54) is 44.5 Å². The molecule has 1 saturated carbocycles. The molecule has 19 heavy (non-hydrogen) atoms. The first-order valence-electron chi connectivity index (χ1n) is 7.76. The predicted molar refractivity (Wildman–Crippen MR) is 78.8 cm³/mol. The zero-order chi connectivity index (χ0) is 13.2. The van der Waals surface area contributed by atoms with E-state index in [4.69, 9.17) is 4.98 Å². The Balaban J connectivity index is 1.86. The Kier molecular flexibility index (Phi) is 3.78. The van der Waals surface area contributed by atoms with Crippen LogP contribution in [0.25, 0.3) is 0 Å². The minimum absolute atomic E-state index is 0.618. The van der Waals surface area contributed by atoms with Crippen molar-refractivity contribution in [3.63, 3.8) is 0 Å². The summed E-state index contributed by atoms with van der Waals surface area (Å²) >= 11 is 0. The van der Waals surface area contributed by atoms with Crippen molar-refractivity contribution >= 4 is 5.95 Å². The number of anilines is 1. The monoisotopic (exact) mass is 262 g/mol. The molecular formula is C15H26N4. The summed E-state index contributed by atoms with van der Waals surface area (Å²) in [6.45, 7) is 4.35. The highest BCUT2D eigenvalue weighted by Crippen LogP contribution is 2.35. The summed E-state index contributed by atoms with van der Waals surface area (Å²) in [6.07, 6.45) is 10.3. The van der Waals surface area contributed by atoms with E-state index in [2.05, 4.69) is 27.9 Å². The van der Waals surface area contributed by atoms with Gasteiger partial charge in [0.2, 0.25) is 5.95 Å². The van der Waals surface area contributed by atoms with E-state index in [0.29, 0.717) is 12.1 Å². The predicted octanol–water partition coefficient (Wildman–Crippen LogP) is 2.49. The Bertz CT molecular complexity index is 420. The third-order valence-electron chi connectivity index (χ3n) is 4.63. The number of nitrogens with zero attached hydrogens (tertiary/aromatic N) is 3. The van der Waals surface area contributed by atoms with Gasteiger partial charge in [0.25, 0.3) is 0 Å². The van der Waals surface area contributed by atoms with E-state index in [9.17, 15) is 0 Å². The molecule has 1 aliphatic carbocycles. The van der Waals surface area contributed by atoms with Crippen LogP contribution < -0.4 is 10.2 Å². The molecule has 1 aromatic rings. The van der Waals surface area contributed by atoms with Gasteiger partial charge < -0.3 is 14.8 Å². The van der Waals surface area contributed by atoms with Crippen LogP contribution in [0.4, 0.5) is 5.95 Å². The van der Waals surface area contributed by atoms with E-state index in [1.54, 1.807) is 0 Å². The number of aryl methyl sites for hydroxylation is 1. The molecule has 0 bridgehead atoms. The fourth-order valence-electron chi connectivity index (χ4n) is 3.71. The van der Waals surface area contributed by atoms with Gasteiger partial charge in [0.05, 0.1) is 5.69 Å². The lowest BCUT2D eigenvalue weighted by molar-refractivity contribution is 0.504. The van der Waals surface area contributed by atoms with Gasteiger partial charge in [0, 0.05) is 31.4 Å². The number of imidazole rings is 1. The fourth-order valence-corrected chi connectivity index (χ4v) is 3.71. The van der Waals surface area contributed by atoms with Crippen LogP contribution in [-0.4, -0.2) is 35.7 Å². The molecule has 106 valence electrons. The van der Waals surface area contributed by atoms with Crippen molar-refractivity contribution in [2.75, 3.05) is 25.0 Å². The molecule has 4 nitrogen and oxygen atoms in total. The second-order valence-electron chi connectivity index (χ2n) is 6.07. The van der Waals surface area contributed by atoms with E-state index < -0.39 is 0 Å². The number of nitrogens with one attached hydrogen (secondary N) is 1. The van der Waals surface area contributed by atoms with E-state index in [-0.39, 0.29) is 0 Å². The number of rotatable bonds is 4. The zero-order valence-electron chi connectivity index (χ0n) is 12.2. The Morgan fingerprint density at radius 3 is 2.79 bits per heavy atom. The third kappa shape index (κ3) is 2.50. The molecule has 1 unspecified atom stereocenters. The molecule has 1 aromatic heterocycles. The van der Waals surface area contributed by atoms with E-state index in [1.807, 2.05) is 7.05 Å². The van der Waals surface area contributed by atoms with Crippen molar-refractivity contribution in [1.29, 1.82) is 0 Å². The van der Waals surface area contributed by atoms with Crippen LogP contribution in [0.3, 0.4) is 0 Å². The largest absolute Gasteiger partial charge is 0.338 e. The van der Waals surface area contributed by atoms with Gasteiger partial charge in [-0.15, -0.1) is 0 Å². The Labute approximate surface area is 116 Å². The number of hydrogen-bond acceptors (Lipinski definition) is 3. The molecule has 0 amide bonds. The maximum absolute atomic E-state index is 4.83. The van der Waals surface area contributed by atoms with Crippen LogP contribution in [0.2, 0.25) is 0 Å². The SMILES string of the molecule is CNCC1CCCN1c1nc(C)cn1C1CCCC1. The number of hydrogen-bond donors (Lipinski definition) is 1. The van der Waals surface area contributed by atoms with Crippen LogP contribution >= 0.6 is 0 Å². The van der Waals surface area contributed by atoms with E-state index in [0.717, 1.165) is 18.8 Å². The van der Waals surface area contributed by atoms with Crippen molar-refractivity contribution in [2.24, 2.45) is 0 Å². The van der Waals surface area contributed by atoms with Gasteiger partial charge in [-0.05, 0) is 39.7 Å².